The Kier molecular flexibility index (Phi) is 4.41. The first kappa shape index (κ1) is 14.0. The Bertz CT molecular complexity index is 393. The van der Waals surface area contributed by atoms with E-state index in [0.717, 1.165) is 31.7 Å². The second-order valence-corrected chi connectivity index (χ2v) is 6.27. The topological polar surface area (TPSA) is 34.1 Å². The minimum absolute atomic E-state index is 0.286. The van der Waals surface area contributed by atoms with Crippen molar-refractivity contribution in [2.75, 3.05) is 6.61 Å². The van der Waals surface area contributed by atoms with Crippen LogP contribution in [-0.2, 0) is 11.3 Å². The number of nitrogens with one attached hydrogen (secondary N) is 1. The molecule has 18 heavy (non-hydrogen) atoms. The maximum Gasteiger partial charge on any atom is 0.0798 e. The first-order chi connectivity index (χ1) is 8.61. The summed E-state index contributed by atoms with van der Waals surface area (Å²) in [7, 11) is 0. The molecule has 2 rings (SSSR count). The van der Waals surface area contributed by atoms with E-state index >= 15 is 0 Å². The van der Waals surface area contributed by atoms with E-state index in [-0.39, 0.29) is 5.41 Å². The van der Waals surface area contributed by atoms with Crippen LogP contribution in [-0.4, -0.2) is 23.7 Å². The van der Waals surface area contributed by atoms with Crippen molar-refractivity contribution >= 4 is 11.3 Å². The van der Waals surface area contributed by atoms with Gasteiger partial charge in [-0.2, -0.15) is 0 Å². The smallest absolute Gasteiger partial charge is 0.0798 e. The predicted molar refractivity (Wildman–Crippen MR) is 75.9 cm³/mol. The summed E-state index contributed by atoms with van der Waals surface area (Å²) in [5.74, 6) is 0. The number of nitrogens with zero attached hydrogens (tertiary/aromatic N) is 1. The average Bonchev–Trinajstić information content (AvgIpc) is 2.77. The molecule has 4 heteroatoms. The van der Waals surface area contributed by atoms with Gasteiger partial charge in [0.15, 0.2) is 0 Å². The Balaban J connectivity index is 1.89. The van der Waals surface area contributed by atoms with E-state index in [4.69, 9.17) is 4.74 Å². The van der Waals surface area contributed by atoms with E-state index in [1.165, 1.54) is 4.88 Å². The maximum absolute atomic E-state index is 5.83. The molecule has 1 heterocycles. The van der Waals surface area contributed by atoms with Gasteiger partial charge in [-0.3, -0.25) is 0 Å². The first-order valence-corrected chi connectivity index (χ1v) is 7.73. The lowest BCUT2D eigenvalue weighted by Gasteiger charge is -2.53. The quantitative estimate of drug-likeness (QED) is 0.860. The summed E-state index contributed by atoms with van der Waals surface area (Å²) in [6, 6.07) is 0.570. The van der Waals surface area contributed by atoms with Crippen LogP contribution in [0.4, 0.5) is 0 Å². The average molecular weight is 268 g/mol. The maximum atomic E-state index is 5.83. The molecule has 1 saturated carbocycles. The Morgan fingerprint density at radius 2 is 2.33 bits per heavy atom. The summed E-state index contributed by atoms with van der Waals surface area (Å²) in [6.07, 6.45) is 2.72. The molecule has 3 unspecified atom stereocenters. The highest BCUT2D eigenvalue weighted by Gasteiger charge is 2.50. The van der Waals surface area contributed by atoms with Gasteiger partial charge in [0, 0.05) is 29.5 Å². The second-order valence-electron chi connectivity index (χ2n) is 5.33. The number of ether oxygens (including phenoxy) is 1. The molecule has 1 aliphatic carbocycles. The van der Waals surface area contributed by atoms with Gasteiger partial charge < -0.3 is 10.1 Å². The van der Waals surface area contributed by atoms with Gasteiger partial charge in [-0.25, -0.2) is 4.98 Å². The molecule has 0 saturated heterocycles. The molecular formula is C14H24N2OS. The third-order valence-corrected chi connectivity index (χ3v) is 5.40. The van der Waals surface area contributed by atoms with Crippen LogP contribution < -0.4 is 5.32 Å². The SMILES string of the molecule is CCOC1CC(NCc2scnc2C)C1(C)CC. The number of rotatable bonds is 6. The lowest BCUT2D eigenvalue weighted by molar-refractivity contribution is -0.126. The minimum Gasteiger partial charge on any atom is -0.378 e. The molecular weight excluding hydrogens is 244 g/mol. The van der Waals surface area contributed by atoms with Crippen molar-refractivity contribution in [2.24, 2.45) is 5.41 Å². The Morgan fingerprint density at radius 1 is 1.56 bits per heavy atom. The third kappa shape index (κ3) is 2.46. The molecule has 3 atom stereocenters. The van der Waals surface area contributed by atoms with Crippen molar-refractivity contribution in [2.45, 2.75) is 59.2 Å². The molecule has 1 aromatic heterocycles. The van der Waals surface area contributed by atoms with E-state index in [1.54, 1.807) is 11.3 Å². The number of hydrogen-bond donors (Lipinski definition) is 1. The van der Waals surface area contributed by atoms with Crippen molar-refractivity contribution in [1.29, 1.82) is 0 Å². The summed E-state index contributed by atoms with van der Waals surface area (Å²) in [5.41, 5.74) is 3.37. The molecule has 0 aliphatic heterocycles. The normalized spacial score (nSPS) is 31.3. The largest absolute Gasteiger partial charge is 0.378 e. The highest BCUT2D eigenvalue weighted by atomic mass is 32.1. The highest BCUT2D eigenvalue weighted by molar-refractivity contribution is 7.09. The van der Waals surface area contributed by atoms with Crippen molar-refractivity contribution in [3.63, 3.8) is 0 Å². The monoisotopic (exact) mass is 268 g/mol. The van der Waals surface area contributed by atoms with Crippen molar-refractivity contribution in [1.82, 2.24) is 10.3 Å². The number of aromatic nitrogens is 1. The standard InChI is InChI=1S/C14H24N2OS/c1-5-14(4)12(7-13(14)17-6-2)15-8-11-10(3)16-9-18-11/h9,12-13,15H,5-8H2,1-4H3. The summed E-state index contributed by atoms with van der Waals surface area (Å²) >= 11 is 1.74. The molecule has 3 nitrogen and oxygen atoms in total. The van der Waals surface area contributed by atoms with Crippen LogP contribution in [0.2, 0.25) is 0 Å². The van der Waals surface area contributed by atoms with Crippen LogP contribution >= 0.6 is 11.3 Å². The van der Waals surface area contributed by atoms with Crippen molar-refractivity contribution in [3.8, 4) is 0 Å². The zero-order valence-corrected chi connectivity index (χ0v) is 12.6. The van der Waals surface area contributed by atoms with Gasteiger partial charge >= 0.3 is 0 Å². The predicted octanol–water partition coefficient (Wildman–Crippen LogP) is 3.13. The summed E-state index contributed by atoms with van der Waals surface area (Å²) in [6.45, 7) is 10.5. The molecule has 102 valence electrons. The molecule has 0 aromatic carbocycles. The third-order valence-electron chi connectivity index (χ3n) is 4.46. The van der Waals surface area contributed by atoms with Gasteiger partial charge in [0.25, 0.3) is 0 Å². The van der Waals surface area contributed by atoms with Crippen molar-refractivity contribution in [3.05, 3.63) is 16.1 Å². The van der Waals surface area contributed by atoms with Crippen LogP contribution in [0.5, 0.6) is 0 Å². The molecule has 0 radical (unpaired) electrons. The van der Waals surface area contributed by atoms with E-state index < -0.39 is 0 Å². The van der Waals surface area contributed by atoms with E-state index in [2.05, 4.69) is 38.0 Å². The van der Waals surface area contributed by atoms with Gasteiger partial charge in [-0.15, -0.1) is 11.3 Å². The Morgan fingerprint density at radius 3 is 2.89 bits per heavy atom. The first-order valence-electron chi connectivity index (χ1n) is 6.85. The van der Waals surface area contributed by atoms with Crippen LogP contribution in [0.15, 0.2) is 5.51 Å². The molecule has 0 spiro atoms. The Hall–Kier alpha value is -0.450. The zero-order valence-electron chi connectivity index (χ0n) is 11.8. The highest BCUT2D eigenvalue weighted by Crippen LogP contribution is 2.46. The van der Waals surface area contributed by atoms with Crippen LogP contribution in [0.25, 0.3) is 0 Å². The zero-order chi connectivity index (χ0) is 13.2. The van der Waals surface area contributed by atoms with Gasteiger partial charge in [0.1, 0.15) is 0 Å². The van der Waals surface area contributed by atoms with E-state index in [9.17, 15) is 0 Å². The van der Waals surface area contributed by atoms with Gasteiger partial charge in [0.2, 0.25) is 0 Å². The van der Waals surface area contributed by atoms with Crippen LogP contribution in [0, 0.1) is 12.3 Å². The minimum atomic E-state index is 0.286. The molecule has 0 amide bonds. The van der Waals surface area contributed by atoms with Crippen LogP contribution in [0.1, 0.15) is 44.2 Å². The van der Waals surface area contributed by atoms with Crippen molar-refractivity contribution < 1.29 is 4.74 Å². The van der Waals surface area contributed by atoms with Gasteiger partial charge in [-0.1, -0.05) is 13.8 Å². The van der Waals surface area contributed by atoms with E-state index in [1.807, 2.05) is 5.51 Å². The summed E-state index contributed by atoms with van der Waals surface area (Å²) in [5, 5.41) is 3.68. The summed E-state index contributed by atoms with van der Waals surface area (Å²) < 4.78 is 5.83. The fourth-order valence-electron chi connectivity index (χ4n) is 2.78. The second kappa shape index (κ2) is 5.68. The van der Waals surface area contributed by atoms with E-state index in [0.29, 0.717) is 12.1 Å². The molecule has 1 N–H and O–H groups in total. The number of thiazole rings is 1. The lowest BCUT2D eigenvalue weighted by atomic mass is 9.61. The molecule has 1 aromatic rings. The van der Waals surface area contributed by atoms with Crippen LogP contribution in [0.3, 0.4) is 0 Å². The fourth-order valence-corrected chi connectivity index (χ4v) is 3.51. The Labute approximate surface area is 114 Å². The number of hydrogen-bond acceptors (Lipinski definition) is 4. The van der Waals surface area contributed by atoms with Gasteiger partial charge in [-0.05, 0) is 26.7 Å². The molecule has 1 aliphatic rings. The molecule has 1 fully saturated rings. The molecule has 0 bridgehead atoms. The lowest BCUT2D eigenvalue weighted by Crippen LogP contribution is -2.61. The van der Waals surface area contributed by atoms with Gasteiger partial charge in [0.05, 0.1) is 17.3 Å². The fraction of sp³-hybridized carbons (Fsp3) is 0.786. The number of aryl methyl sites for hydroxylation is 1. The summed E-state index contributed by atoms with van der Waals surface area (Å²) in [4.78, 5) is 5.65.